The van der Waals surface area contributed by atoms with Gasteiger partial charge in [0.2, 0.25) is 11.8 Å². The molecule has 0 bridgehead atoms. The van der Waals surface area contributed by atoms with Gasteiger partial charge in [-0.15, -0.1) is 0 Å². The van der Waals surface area contributed by atoms with Crippen LogP contribution in [0, 0.1) is 5.92 Å². The number of rotatable bonds is 1. The van der Waals surface area contributed by atoms with Crippen molar-refractivity contribution in [2.45, 2.75) is 25.8 Å². The lowest BCUT2D eigenvalue weighted by atomic mass is 10.0. The molecular formula is C9H14N2O2. The molecule has 2 heterocycles. The highest BCUT2D eigenvalue weighted by atomic mass is 16.2. The van der Waals surface area contributed by atoms with E-state index in [-0.39, 0.29) is 24.4 Å². The van der Waals surface area contributed by atoms with Gasteiger partial charge in [0.05, 0.1) is 6.54 Å². The van der Waals surface area contributed by atoms with Crippen LogP contribution in [-0.2, 0) is 9.59 Å². The molecule has 4 nitrogen and oxygen atoms in total. The molecule has 72 valence electrons. The number of piperazine rings is 1. The Balaban J connectivity index is 2.14. The molecule has 2 unspecified atom stereocenters. The Morgan fingerprint density at radius 1 is 1.54 bits per heavy atom. The number of fused-ring (bicyclic) bond motifs is 1. The van der Waals surface area contributed by atoms with Gasteiger partial charge in [-0.2, -0.15) is 0 Å². The van der Waals surface area contributed by atoms with E-state index in [9.17, 15) is 9.59 Å². The van der Waals surface area contributed by atoms with E-state index in [1.54, 1.807) is 4.90 Å². The minimum Gasteiger partial charge on any atom is -0.345 e. The van der Waals surface area contributed by atoms with Crippen LogP contribution in [-0.4, -0.2) is 35.8 Å². The Hall–Kier alpha value is -1.06. The standard InChI is InChI=1S/C9H14N2O2/c1-2-6-3-7-9(13)10-4-8(12)11(7)5-6/h6-7H,2-5H2,1H3,(H,10,13). The molecule has 2 aliphatic rings. The van der Waals surface area contributed by atoms with Gasteiger partial charge in [-0.1, -0.05) is 13.3 Å². The fraction of sp³-hybridized carbons (Fsp3) is 0.778. The summed E-state index contributed by atoms with van der Waals surface area (Å²) in [4.78, 5) is 24.5. The summed E-state index contributed by atoms with van der Waals surface area (Å²) >= 11 is 0. The average molecular weight is 182 g/mol. The van der Waals surface area contributed by atoms with Gasteiger partial charge in [-0.25, -0.2) is 0 Å². The second-order valence-electron chi connectivity index (χ2n) is 3.79. The topological polar surface area (TPSA) is 49.4 Å². The van der Waals surface area contributed by atoms with Gasteiger partial charge in [0.25, 0.3) is 0 Å². The first-order valence-electron chi connectivity index (χ1n) is 4.79. The Bertz CT molecular complexity index is 228. The summed E-state index contributed by atoms with van der Waals surface area (Å²) in [6.45, 7) is 3.06. The van der Waals surface area contributed by atoms with Crippen LogP contribution in [0.3, 0.4) is 0 Å². The average Bonchev–Trinajstić information content (AvgIpc) is 2.56. The molecule has 0 aliphatic carbocycles. The van der Waals surface area contributed by atoms with Crippen LogP contribution in [0.2, 0.25) is 0 Å². The molecule has 2 amide bonds. The van der Waals surface area contributed by atoms with Gasteiger partial charge in [0.1, 0.15) is 6.04 Å². The first-order chi connectivity index (χ1) is 6.22. The van der Waals surface area contributed by atoms with Gasteiger partial charge in [-0.05, 0) is 12.3 Å². The first kappa shape index (κ1) is 8.53. The molecule has 2 saturated heterocycles. The molecule has 4 heteroatoms. The fourth-order valence-corrected chi connectivity index (χ4v) is 2.12. The quantitative estimate of drug-likeness (QED) is 0.607. The predicted molar refractivity (Wildman–Crippen MR) is 46.9 cm³/mol. The maximum Gasteiger partial charge on any atom is 0.243 e. The molecule has 0 saturated carbocycles. The van der Waals surface area contributed by atoms with Crippen molar-refractivity contribution in [2.24, 2.45) is 5.92 Å². The number of hydrogen-bond donors (Lipinski definition) is 1. The summed E-state index contributed by atoms with van der Waals surface area (Å²) in [6.07, 6.45) is 1.89. The molecule has 0 radical (unpaired) electrons. The van der Waals surface area contributed by atoms with Gasteiger partial charge in [-0.3, -0.25) is 9.59 Å². The highest BCUT2D eigenvalue weighted by molar-refractivity contribution is 5.95. The lowest BCUT2D eigenvalue weighted by Crippen LogP contribution is -2.55. The molecule has 2 rings (SSSR count). The maximum absolute atomic E-state index is 11.4. The third-order valence-electron chi connectivity index (χ3n) is 3.00. The maximum atomic E-state index is 11.4. The van der Waals surface area contributed by atoms with E-state index in [4.69, 9.17) is 0 Å². The van der Waals surface area contributed by atoms with Crippen molar-refractivity contribution in [1.29, 1.82) is 0 Å². The summed E-state index contributed by atoms with van der Waals surface area (Å²) in [5.41, 5.74) is 0. The third-order valence-corrected chi connectivity index (χ3v) is 3.00. The molecular weight excluding hydrogens is 168 g/mol. The van der Waals surface area contributed by atoms with Crippen molar-refractivity contribution in [3.63, 3.8) is 0 Å². The number of nitrogens with one attached hydrogen (secondary N) is 1. The SMILES string of the molecule is CCC1CC2C(=O)NCC(=O)N2C1. The molecule has 0 aromatic carbocycles. The lowest BCUT2D eigenvalue weighted by Gasteiger charge is -2.28. The molecule has 0 spiro atoms. The molecule has 2 aliphatic heterocycles. The monoisotopic (exact) mass is 182 g/mol. The van der Waals surface area contributed by atoms with Crippen LogP contribution >= 0.6 is 0 Å². The highest BCUT2D eigenvalue weighted by Crippen LogP contribution is 2.27. The molecule has 0 aromatic heterocycles. The smallest absolute Gasteiger partial charge is 0.243 e. The molecule has 13 heavy (non-hydrogen) atoms. The second kappa shape index (κ2) is 3.01. The van der Waals surface area contributed by atoms with E-state index in [2.05, 4.69) is 12.2 Å². The minimum absolute atomic E-state index is 0.0237. The Labute approximate surface area is 77.3 Å². The van der Waals surface area contributed by atoms with E-state index >= 15 is 0 Å². The molecule has 2 atom stereocenters. The van der Waals surface area contributed by atoms with Gasteiger partial charge in [0.15, 0.2) is 0 Å². The van der Waals surface area contributed by atoms with Crippen LogP contribution in [0.15, 0.2) is 0 Å². The number of carbonyl (C=O) groups is 2. The Kier molecular flexibility index (Phi) is 1.98. The number of hydrogen-bond acceptors (Lipinski definition) is 2. The summed E-state index contributed by atoms with van der Waals surface area (Å²) in [5, 5.41) is 2.62. The van der Waals surface area contributed by atoms with Crippen molar-refractivity contribution in [1.82, 2.24) is 10.2 Å². The molecule has 0 aromatic rings. The number of carbonyl (C=O) groups excluding carboxylic acids is 2. The number of amides is 2. The van der Waals surface area contributed by atoms with Crippen molar-refractivity contribution < 1.29 is 9.59 Å². The zero-order valence-electron chi connectivity index (χ0n) is 7.75. The minimum atomic E-state index is -0.175. The van der Waals surface area contributed by atoms with E-state index in [0.29, 0.717) is 5.92 Å². The van der Waals surface area contributed by atoms with Gasteiger partial charge >= 0.3 is 0 Å². The van der Waals surface area contributed by atoms with Crippen LogP contribution in [0.5, 0.6) is 0 Å². The van der Waals surface area contributed by atoms with Gasteiger partial charge in [0, 0.05) is 6.54 Å². The fourth-order valence-electron chi connectivity index (χ4n) is 2.12. The van der Waals surface area contributed by atoms with Crippen LogP contribution in [0.25, 0.3) is 0 Å². The zero-order valence-corrected chi connectivity index (χ0v) is 7.75. The molecule has 2 fully saturated rings. The van der Waals surface area contributed by atoms with Gasteiger partial charge < -0.3 is 10.2 Å². The van der Waals surface area contributed by atoms with Crippen LogP contribution < -0.4 is 5.32 Å². The van der Waals surface area contributed by atoms with Crippen LogP contribution in [0.1, 0.15) is 19.8 Å². The summed E-state index contributed by atoms with van der Waals surface area (Å²) < 4.78 is 0. The van der Waals surface area contributed by atoms with E-state index in [1.807, 2.05) is 0 Å². The van der Waals surface area contributed by atoms with E-state index < -0.39 is 0 Å². The largest absolute Gasteiger partial charge is 0.345 e. The summed E-state index contributed by atoms with van der Waals surface area (Å²) in [7, 11) is 0. The lowest BCUT2D eigenvalue weighted by molar-refractivity contribution is -0.143. The van der Waals surface area contributed by atoms with Crippen molar-refractivity contribution >= 4 is 11.8 Å². The van der Waals surface area contributed by atoms with Crippen LogP contribution in [0.4, 0.5) is 0 Å². The second-order valence-corrected chi connectivity index (χ2v) is 3.79. The highest BCUT2D eigenvalue weighted by Gasteiger charge is 2.41. The number of nitrogens with zero attached hydrogens (tertiary/aromatic N) is 1. The van der Waals surface area contributed by atoms with Crippen molar-refractivity contribution in [2.75, 3.05) is 13.1 Å². The Morgan fingerprint density at radius 2 is 2.31 bits per heavy atom. The summed E-state index contributed by atoms with van der Waals surface area (Å²) in [5.74, 6) is 0.605. The zero-order chi connectivity index (χ0) is 9.42. The van der Waals surface area contributed by atoms with E-state index in [1.165, 1.54) is 0 Å². The van der Waals surface area contributed by atoms with E-state index in [0.717, 1.165) is 19.4 Å². The van der Waals surface area contributed by atoms with Crippen molar-refractivity contribution in [3.8, 4) is 0 Å². The Morgan fingerprint density at radius 3 is 2.92 bits per heavy atom. The third kappa shape index (κ3) is 1.30. The normalized spacial score (nSPS) is 33.2. The predicted octanol–water partition coefficient (Wildman–Crippen LogP) is -0.257. The molecule has 1 N–H and O–H groups in total. The van der Waals surface area contributed by atoms with Crippen molar-refractivity contribution in [3.05, 3.63) is 0 Å². The summed E-state index contributed by atoms with van der Waals surface area (Å²) in [6, 6.07) is -0.175. The first-order valence-corrected chi connectivity index (χ1v) is 4.79.